The first kappa shape index (κ1) is 21.5. The van der Waals surface area contributed by atoms with E-state index in [0.29, 0.717) is 24.5 Å². The van der Waals surface area contributed by atoms with E-state index in [-0.39, 0.29) is 12.2 Å². The van der Waals surface area contributed by atoms with E-state index in [1.807, 2.05) is 54.6 Å². The Kier molecular flexibility index (Phi) is 7.08. The van der Waals surface area contributed by atoms with Crippen molar-refractivity contribution in [3.63, 3.8) is 0 Å². The molecule has 1 aliphatic rings. The third-order valence-electron chi connectivity index (χ3n) is 5.10. The molecule has 4 rings (SSSR count). The monoisotopic (exact) mass is 428 g/mol. The summed E-state index contributed by atoms with van der Waals surface area (Å²) in [7, 11) is 0. The SMILES string of the molecule is [C-]#[N+]c1[nH]c(Cc2ccc(C=CC(=O)NOC3CCCCO3)cc2)nc1-c1ccccc1. The number of nitrogens with zero attached hydrogens (tertiary/aromatic N) is 2. The van der Waals surface area contributed by atoms with Crippen LogP contribution in [0.1, 0.15) is 36.2 Å². The molecule has 1 saturated heterocycles. The third kappa shape index (κ3) is 5.70. The maximum atomic E-state index is 11.9. The normalized spacial score (nSPS) is 16.0. The van der Waals surface area contributed by atoms with Gasteiger partial charge in [0.25, 0.3) is 11.7 Å². The number of hydrogen-bond donors (Lipinski definition) is 2. The second-order valence-electron chi connectivity index (χ2n) is 7.49. The number of aromatic amines is 1. The number of ether oxygens (including phenoxy) is 1. The van der Waals surface area contributed by atoms with Crippen molar-refractivity contribution in [1.29, 1.82) is 0 Å². The molecular weight excluding hydrogens is 404 g/mol. The summed E-state index contributed by atoms with van der Waals surface area (Å²) >= 11 is 0. The Morgan fingerprint density at radius 1 is 1.22 bits per heavy atom. The molecule has 3 aromatic rings. The number of carbonyl (C=O) groups is 1. The second-order valence-corrected chi connectivity index (χ2v) is 7.49. The number of carbonyl (C=O) groups excluding carboxylic acids is 1. The minimum Gasteiger partial charge on any atom is -0.362 e. The molecule has 0 bridgehead atoms. The summed E-state index contributed by atoms with van der Waals surface area (Å²) in [6.07, 6.45) is 6.21. The number of hydrogen-bond acceptors (Lipinski definition) is 4. The lowest BCUT2D eigenvalue weighted by Crippen LogP contribution is -2.32. The molecule has 1 aliphatic heterocycles. The molecular formula is C25H24N4O3. The van der Waals surface area contributed by atoms with Gasteiger partial charge in [-0.3, -0.25) is 9.78 Å². The van der Waals surface area contributed by atoms with Gasteiger partial charge in [0.2, 0.25) is 0 Å². The minimum absolute atomic E-state index is 0.334. The zero-order valence-electron chi connectivity index (χ0n) is 17.6. The van der Waals surface area contributed by atoms with Crippen LogP contribution >= 0.6 is 0 Å². The van der Waals surface area contributed by atoms with Gasteiger partial charge in [-0.2, -0.15) is 0 Å². The molecule has 1 aromatic heterocycles. The Bertz CT molecular complexity index is 1110. The van der Waals surface area contributed by atoms with Gasteiger partial charge in [0.15, 0.2) is 12.1 Å². The van der Waals surface area contributed by atoms with Crippen LogP contribution in [0.5, 0.6) is 0 Å². The van der Waals surface area contributed by atoms with E-state index in [2.05, 4.69) is 20.3 Å². The minimum atomic E-state index is -0.368. The first-order valence-electron chi connectivity index (χ1n) is 10.6. The van der Waals surface area contributed by atoms with Crippen molar-refractivity contribution in [2.45, 2.75) is 32.0 Å². The Balaban J connectivity index is 1.34. The van der Waals surface area contributed by atoms with Gasteiger partial charge >= 0.3 is 0 Å². The Morgan fingerprint density at radius 2 is 2.03 bits per heavy atom. The van der Waals surface area contributed by atoms with Crippen LogP contribution in [-0.2, 0) is 20.8 Å². The zero-order chi connectivity index (χ0) is 22.2. The summed E-state index contributed by atoms with van der Waals surface area (Å²) in [5.41, 5.74) is 5.93. The van der Waals surface area contributed by atoms with Gasteiger partial charge in [-0.1, -0.05) is 61.2 Å². The summed E-state index contributed by atoms with van der Waals surface area (Å²) in [5.74, 6) is 0.844. The van der Waals surface area contributed by atoms with Crippen LogP contribution in [-0.4, -0.2) is 28.8 Å². The molecule has 2 aromatic carbocycles. The summed E-state index contributed by atoms with van der Waals surface area (Å²) in [4.78, 5) is 28.5. The van der Waals surface area contributed by atoms with Gasteiger partial charge in [-0.05, 0) is 35.6 Å². The smallest absolute Gasteiger partial charge is 0.267 e. The molecule has 2 N–H and O–H groups in total. The first-order chi connectivity index (χ1) is 15.7. The molecule has 0 aliphatic carbocycles. The maximum Gasteiger partial charge on any atom is 0.267 e. The topological polar surface area (TPSA) is 80.6 Å². The van der Waals surface area contributed by atoms with E-state index < -0.39 is 0 Å². The molecule has 1 amide bonds. The molecule has 1 atom stereocenters. The Morgan fingerprint density at radius 3 is 2.75 bits per heavy atom. The highest BCUT2D eigenvalue weighted by Crippen LogP contribution is 2.28. The molecule has 0 radical (unpaired) electrons. The van der Waals surface area contributed by atoms with Gasteiger partial charge in [-0.25, -0.2) is 15.3 Å². The van der Waals surface area contributed by atoms with Crippen molar-refractivity contribution in [2.75, 3.05) is 6.61 Å². The summed E-state index contributed by atoms with van der Waals surface area (Å²) in [5, 5.41) is 0. The highest BCUT2D eigenvalue weighted by Gasteiger charge is 2.15. The van der Waals surface area contributed by atoms with E-state index in [9.17, 15) is 4.79 Å². The molecule has 1 unspecified atom stereocenters. The lowest BCUT2D eigenvalue weighted by Gasteiger charge is -2.21. The quantitative estimate of drug-likeness (QED) is 0.322. The molecule has 2 heterocycles. The van der Waals surface area contributed by atoms with Crippen molar-refractivity contribution in [3.8, 4) is 11.3 Å². The van der Waals surface area contributed by atoms with Crippen molar-refractivity contribution in [3.05, 3.63) is 89.0 Å². The van der Waals surface area contributed by atoms with Crippen molar-refractivity contribution in [2.24, 2.45) is 0 Å². The predicted molar refractivity (Wildman–Crippen MR) is 121 cm³/mol. The number of benzene rings is 2. The highest BCUT2D eigenvalue weighted by atomic mass is 16.8. The predicted octanol–water partition coefficient (Wildman–Crippen LogP) is 4.81. The van der Waals surface area contributed by atoms with Gasteiger partial charge in [0.05, 0.1) is 12.1 Å². The third-order valence-corrected chi connectivity index (χ3v) is 5.10. The number of hydroxylamine groups is 1. The summed E-state index contributed by atoms with van der Waals surface area (Å²) in [6, 6.07) is 17.5. The first-order valence-corrected chi connectivity index (χ1v) is 10.6. The molecule has 32 heavy (non-hydrogen) atoms. The van der Waals surface area contributed by atoms with Gasteiger partial charge < -0.3 is 9.58 Å². The zero-order valence-corrected chi connectivity index (χ0v) is 17.6. The number of imidazole rings is 1. The molecule has 7 heteroatoms. The van der Waals surface area contributed by atoms with Crippen LogP contribution in [0.2, 0.25) is 0 Å². The standard InChI is InChI=1S/C25H24N4O3/c1-26-25-24(20-7-3-2-4-8-20)27-21(28-25)17-19-12-10-18(11-13-19)14-15-22(30)29-32-23-9-5-6-16-31-23/h2-4,7-8,10-15,23H,5-6,9,16-17H2,(H,27,28)(H,29,30). The Hall–Kier alpha value is -3.73. The van der Waals surface area contributed by atoms with Crippen LogP contribution in [0, 0.1) is 6.57 Å². The van der Waals surface area contributed by atoms with Crippen molar-refractivity contribution in [1.82, 2.24) is 15.4 Å². The van der Waals surface area contributed by atoms with Crippen molar-refractivity contribution >= 4 is 17.8 Å². The Labute approximate surface area is 186 Å². The number of rotatable bonds is 7. The van der Waals surface area contributed by atoms with Gasteiger partial charge in [0, 0.05) is 19.1 Å². The van der Waals surface area contributed by atoms with Crippen LogP contribution in [0.25, 0.3) is 22.2 Å². The van der Waals surface area contributed by atoms with Crippen molar-refractivity contribution < 1.29 is 14.4 Å². The van der Waals surface area contributed by atoms with Gasteiger partial charge in [-0.15, -0.1) is 0 Å². The largest absolute Gasteiger partial charge is 0.362 e. The highest BCUT2D eigenvalue weighted by molar-refractivity contribution is 5.90. The molecule has 0 saturated carbocycles. The maximum absolute atomic E-state index is 11.9. The fraction of sp³-hybridized carbons (Fsp3) is 0.240. The van der Waals surface area contributed by atoms with E-state index in [0.717, 1.165) is 41.8 Å². The average Bonchev–Trinajstić information content (AvgIpc) is 3.26. The van der Waals surface area contributed by atoms with Crippen LogP contribution in [0.4, 0.5) is 5.82 Å². The van der Waals surface area contributed by atoms with Crippen LogP contribution < -0.4 is 5.48 Å². The van der Waals surface area contributed by atoms with Crippen LogP contribution in [0.15, 0.2) is 60.7 Å². The van der Waals surface area contributed by atoms with E-state index in [1.54, 1.807) is 6.08 Å². The average molecular weight is 428 g/mol. The number of H-pyrrole nitrogens is 1. The number of aromatic nitrogens is 2. The summed E-state index contributed by atoms with van der Waals surface area (Å²) < 4.78 is 5.41. The molecule has 1 fully saturated rings. The van der Waals surface area contributed by atoms with E-state index in [4.69, 9.17) is 16.1 Å². The number of nitrogens with one attached hydrogen (secondary N) is 2. The lowest BCUT2D eigenvalue weighted by atomic mass is 10.1. The fourth-order valence-electron chi connectivity index (χ4n) is 3.45. The lowest BCUT2D eigenvalue weighted by molar-refractivity contribution is -0.198. The number of amides is 1. The summed E-state index contributed by atoms with van der Waals surface area (Å²) in [6.45, 7) is 8.08. The van der Waals surface area contributed by atoms with Gasteiger partial charge in [0.1, 0.15) is 0 Å². The molecule has 0 spiro atoms. The van der Waals surface area contributed by atoms with Crippen LogP contribution in [0.3, 0.4) is 0 Å². The molecule has 162 valence electrons. The molecule has 7 nitrogen and oxygen atoms in total. The second kappa shape index (κ2) is 10.5. The fourth-order valence-corrected chi connectivity index (χ4v) is 3.45. The van der Waals surface area contributed by atoms with E-state index in [1.165, 1.54) is 6.08 Å². The van der Waals surface area contributed by atoms with E-state index >= 15 is 0 Å².